The van der Waals surface area contributed by atoms with Crippen LogP contribution in [0.1, 0.15) is 30.4 Å². The molecule has 0 saturated carbocycles. The number of aromatic hydroxyl groups is 1. The fourth-order valence-corrected chi connectivity index (χ4v) is 2.10. The number of rotatable bonds is 7. The second-order valence-electron chi connectivity index (χ2n) is 5.06. The van der Waals surface area contributed by atoms with E-state index in [2.05, 4.69) is 0 Å². The van der Waals surface area contributed by atoms with Crippen LogP contribution in [0.15, 0.2) is 60.7 Å². The van der Waals surface area contributed by atoms with Gasteiger partial charge >= 0.3 is 0 Å². The minimum atomic E-state index is 0.260. The minimum Gasteiger partial charge on any atom is -0.508 e. The van der Waals surface area contributed by atoms with Crippen molar-refractivity contribution in [2.24, 2.45) is 0 Å². The highest BCUT2D eigenvalue weighted by Crippen LogP contribution is 2.12. The molecule has 0 aromatic heterocycles. The van der Waals surface area contributed by atoms with Crippen molar-refractivity contribution in [1.82, 2.24) is 0 Å². The topological polar surface area (TPSA) is 37.3 Å². The maximum Gasteiger partial charge on any atom is 0.133 e. The number of carbonyl (C=O) groups excluding carboxylic acids is 1. The Bertz CT molecular complexity index is 583. The zero-order valence-electron chi connectivity index (χ0n) is 12.0. The highest BCUT2D eigenvalue weighted by Gasteiger charge is 2.02. The first-order chi connectivity index (χ1) is 10.2. The molecular weight excluding hydrogens is 260 g/mol. The number of hydrogen-bond donors (Lipinski definition) is 1. The van der Waals surface area contributed by atoms with Gasteiger partial charge in [-0.05, 0) is 36.1 Å². The summed E-state index contributed by atoms with van der Waals surface area (Å²) in [7, 11) is 0. The number of Topliss-reactive ketones (excluding diaryl/α,β-unsaturated/α-hetero) is 1. The van der Waals surface area contributed by atoms with E-state index in [9.17, 15) is 9.90 Å². The van der Waals surface area contributed by atoms with Crippen LogP contribution < -0.4 is 0 Å². The van der Waals surface area contributed by atoms with Crippen molar-refractivity contribution >= 4 is 11.9 Å². The van der Waals surface area contributed by atoms with Crippen molar-refractivity contribution < 1.29 is 9.90 Å². The Hall–Kier alpha value is -2.35. The van der Waals surface area contributed by atoms with Crippen LogP contribution in [-0.4, -0.2) is 10.9 Å². The molecular formula is C19H20O2. The number of benzene rings is 2. The van der Waals surface area contributed by atoms with Gasteiger partial charge in [0.2, 0.25) is 0 Å². The number of hydrogen-bond acceptors (Lipinski definition) is 2. The van der Waals surface area contributed by atoms with Crippen molar-refractivity contribution in [3.05, 3.63) is 71.8 Å². The number of allylic oxidation sites excluding steroid dienone is 1. The van der Waals surface area contributed by atoms with Crippen molar-refractivity contribution in [3.8, 4) is 5.75 Å². The molecule has 0 spiro atoms. The predicted molar refractivity (Wildman–Crippen MR) is 86.1 cm³/mol. The van der Waals surface area contributed by atoms with Gasteiger partial charge in [-0.1, -0.05) is 54.6 Å². The van der Waals surface area contributed by atoms with E-state index in [-0.39, 0.29) is 11.5 Å². The summed E-state index contributed by atoms with van der Waals surface area (Å²) in [5.74, 6) is 0.539. The van der Waals surface area contributed by atoms with Gasteiger partial charge in [0, 0.05) is 12.8 Å². The first-order valence-corrected chi connectivity index (χ1v) is 7.25. The minimum absolute atomic E-state index is 0.260. The molecule has 0 aliphatic heterocycles. The predicted octanol–water partition coefficient (Wildman–Crippen LogP) is 4.39. The first-order valence-electron chi connectivity index (χ1n) is 7.25. The van der Waals surface area contributed by atoms with Crippen molar-refractivity contribution in [2.75, 3.05) is 0 Å². The second kappa shape index (κ2) is 8.05. The molecule has 0 atom stereocenters. The third kappa shape index (κ3) is 5.65. The smallest absolute Gasteiger partial charge is 0.133 e. The standard InChI is InChI=1S/C19H20O2/c20-18(13-10-17-11-14-19(21)15-12-17)9-5-4-8-16-6-2-1-3-7-16/h1-4,6-8,11-12,14-15,21H,5,9-10,13H2/b8-4+. The molecule has 0 amide bonds. The fourth-order valence-electron chi connectivity index (χ4n) is 2.10. The molecule has 2 heteroatoms. The Morgan fingerprint density at radius 1 is 0.952 bits per heavy atom. The van der Waals surface area contributed by atoms with Gasteiger partial charge < -0.3 is 5.11 Å². The third-order valence-electron chi connectivity index (χ3n) is 3.33. The van der Waals surface area contributed by atoms with Gasteiger partial charge in [-0.15, -0.1) is 0 Å². The molecule has 0 unspecified atom stereocenters. The van der Waals surface area contributed by atoms with Crippen LogP contribution in [0.5, 0.6) is 5.75 Å². The zero-order valence-corrected chi connectivity index (χ0v) is 12.0. The summed E-state index contributed by atoms with van der Waals surface area (Å²) in [4.78, 5) is 11.8. The van der Waals surface area contributed by atoms with Gasteiger partial charge in [0.1, 0.15) is 11.5 Å². The van der Waals surface area contributed by atoms with Gasteiger partial charge in [-0.25, -0.2) is 0 Å². The molecule has 0 bridgehead atoms. The monoisotopic (exact) mass is 280 g/mol. The van der Waals surface area contributed by atoms with Crippen molar-refractivity contribution in [1.29, 1.82) is 0 Å². The van der Waals surface area contributed by atoms with Crippen LogP contribution in [0.3, 0.4) is 0 Å². The fraction of sp³-hybridized carbons (Fsp3) is 0.211. The first kappa shape index (κ1) is 15.0. The molecule has 2 aromatic rings. The molecule has 21 heavy (non-hydrogen) atoms. The van der Waals surface area contributed by atoms with Crippen LogP contribution >= 0.6 is 0 Å². The highest BCUT2D eigenvalue weighted by molar-refractivity contribution is 5.78. The molecule has 0 aliphatic carbocycles. The van der Waals surface area contributed by atoms with Gasteiger partial charge in [-0.3, -0.25) is 4.79 Å². The summed E-state index contributed by atoms with van der Waals surface area (Å²) in [6.45, 7) is 0. The van der Waals surface area contributed by atoms with Crippen molar-refractivity contribution in [2.45, 2.75) is 25.7 Å². The number of carbonyl (C=O) groups is 1. The molecule has 0 radical (unpaired) electrons. The van der Waals surface area contributed by atoms with E-state index in [4.69, 9.17) is 0 Å². The summed E-state index contributed by atoms with van der Waals surface area (Å²) >= 11 is 0. The molecule has 2 nitrogen and oxygen atoms in total. The van der Waals surface area contributed by atoms with E-state index in [0.29, 0.717) is 12.8 Å². The Labute approximate surface area is 125 Å². The van der Waals surface area contributed by atoms with E-state index in [1.807, 2.05) is 54.6 Å². The largest absolute Gasteiger partial charge is 0.508 e. The maximum absolute atomic E-state index is 11.8. The molecule has 2 aromatic carbocycles. The van der Waals surface area contributed by atoms with E-state index in [1.165, 1.54) is 0 Å². The lowest BCUT2D eigenvalue weighted by atomic mass is 10.0. The SMILES string of the molecule is O=C(CC/C=C/c1ccccc1)CCc1ccc(O)cc1. The Balaban J connectivity index is 1.68. The van der Waals surface area contributed by atoms with Crippen LogP contribution in [-0.2, 0) is 11.2 Å². The van der Waals surface area contributed by atoms with E-state index >= 15 is 0 Å². The molecule has 108 valence electrons. The van der Waals surface area contributed by atoms with Gasteiger partial charge in [0.05, 0.1) is 0 Å². The Kier molecular flexibility index (Phi) is 5.77. The highest BCUT2D eigenvalue weighted by atomic mass is 16.3. The normalized spacial score (nSPS) is 10.9. The van der Waals surface area contributed by atoms with Crippen LogP contribution in [0.25, 0.3) is 6.08 Å². The average molecular weight is 280 g/mol. The molecule has 0 heterocycles. The van der Waals surface area contributed by atoms with E-state index in [1.54, 1.807) is 12.1 Å². The number of aryl methyl sites for hydroxylation is 1. The number of phenols is 1. The summed E-state index contributed by atoms with van der Waals surface area (Å²) in [5, 5.41) is 9.20. The van der Waals surface area contributed by atoms with Gasteiger partial charge in [0.15, 0.2) is 0 Å². The summed E-state index contributed by atoms with van der Waals surface area (Å²) in [6, 6.07) is 17.1. The van der Waals surface area contributed by atoms with E-state index < -0.39 is 0 Å². The zero-order chi connectivity index (χ0) is 14.9. The van der Waals surface area contributed by atoms with Crippen LogP contribution in [0.2, 0.25) is 0 Å². The van der Waals surface area contributed by atoms with Gasteiger partial charge in [-0.2, -0.15) is 0 Å². The third-order valence-corrected chi connectivity index (χ3v) is 3.33. The van der Waals surface area contributed by atoms with E-state index in [0.717, 1.165) is 24.0 Å². The lowest BCUT2D eigenvalue weighted by molar-refractivity contribution is -0.118. The summed E-state index contributed by atoms with van der Waals surface area (Å²) < 4.78 is 0. The Morgan fingerprint density at radius 3 is 2.38 bits per heavy atom. The van der Waals surface area contributed by atoms with Crippen LogP contribution in [0, 0.1) is 0 Å². The lowest BCUT2D eigenvalue weighted by Gasteiger charge is -2.01. The number of phenolic OH excluding ortho intramolecular Hbond substituents is 1. The lowest BCUT2D eigenvalue weighted by Crippen LogP contribution is -1.99. The van der Waals surface area contributed by atoms with Gasteiger partial charge in [0.25, 0.3) is 0 Å². The van der Waals surface area contributed by atoms with Crippen LogP contribution in [0.4, 0.5) is 0 Å². The maximum atomic E-state index is 11.8. The quantitative estimate of drug-likeness (QED) is 0.816. The molecule has 0 fully saturated rings. The molecule has 0 saturated heterocycles. The summed E-state index contributed by atoms with van der Waals surface area (Å²) in [5.41, 5.74) is 2.25. The number of ketones is 1. The molecule has 1 N–H and O–H groups in total. The Morgan fingerprint density at radius 2 is 1.67 bits per heavy atom. The average Bonchev–Trinajstić information content (AvgIpc) is 2.52. The second-order valence-corrected chi connectivity index (χ2v) is 5.06. The summed E-state index contributed by atoms with van der Waals surface area (Å²) in [6.07, 6.45) is 6.76. The molecule has 0 aliphatic rings. The van der Waals surface area contributed by atoms with Crippen molar-refractivity contribution in [3.63, 3.8) is 0 Å². The molecule has 2 rings (SSSR count).